The lowest BCUT2D eigenvalue weighted by molar-refractivity contribution is -0.384. The molecule has 2 fully saturated rings. The molecule has 10 heteroatoms. The Kier molecular flexibility index (Phi) is 4.47. The van der Waals surface area contributed by atoms with Gasteiger partial charge in [0.2, 0.25) is 9.84 Å². The van der Waals surface area contributed by atoms with Crippen LogP contribution in [0, 0.1) is 21.4 Å². The first-order valence-electron chi connectivity index (χ1n) is 8.14. The van der Waals surface area contributed by atoms with Crippen LogP contribution in [0.1, 0.15) is 20.3 Å². The fraction of sp³-hybridized carbons (Fsp3) is 0.625. The number of rotatable bonds is 5. The Morgan fingerprint density at radius 2 is 2.04 bits per heavy atom. The van der Waals surface area contributed by atoms with Crippen LogP contribution >= 0.6 is 0 Å². The molecule has 0 spiro atoms. The second-order valence-electron chi connectivity index (χ2n) is 7.33. The van der Waals surface area contributed by atoms with Gasteiger partial charge in [-0.05, 0) is 18.6 Å². The van der Waals surface area contributed by atoms with Crippen molar-refractivity contribution in [3.8, 4) is 0 Å². The highest BCUT2D eigenvalue weighted by Gasteiger charge is 2.61. The molecule has 1 saturated heterocycles. The van der Waals surface area contributed by atoms with Crippen LogP contribution in [-0.4, -0.2) is 44.9 Å². The minimum Gasteiger partial charge on any atom is -0.377 e. The molecule has 1 aliphatic carbocycles. The van der Waals surface area contributed by atoms with Crippen LogP contribution in [-0.2, 0) is 14.6 Å². The van der Waals surface area contributed by atoms with Crippen LogP contribution in [0.25, 0.3) is 0 Å². The molecule has 2 aliphatic rings. The minimum atomic E-state index is -4.90. The Morgan fingerprint density at radius 3 is 2.62 bits per heavy atom. The quantitative estimate of drug-likeness (QED) is 0.567. The summed E-state index contributed by atoms with van der Waals surface area (Å²) in [4.78, 5) is 11.7. The van der Waals surface area contributed by atoms with Crippen molar-refractivity contribution in [2.24, 2.45) is 11.3 Å². The highest BCUT2D eigenvalue weighted by molar-refractivity contribution is 7.91. The van der Waals surface area contributed by atoms with Crippen LogP contribution in [0.15, 0.2) is 23.1 Å². The van der Waals surface area contributed by atoms with Crippen LogP contribution in [0.2, 0.25) is 0 Å². The van der Waals surface area contributed by atoms with Gasteiger partial charge in [-0.15, -0.1) is 0 Å². The van der Waals surface area contributed by atoms with Crippen molar-refractivity contribution >= 4 is 21.2 Å². The van der Waals surface area contributed by atoms with Crippen molar-refractivity contribution in [2.45, 2.75) is 43.1 Å². The summed E-state index contributed by atoms with van der Waals surface area (Å²) in [6.45, 7) is 4.67. The van der Waals surface area contributed by atoms with Gasteiger partial charge in [-0.25, -0.2) is 8.42 Å². The molecule has 3 atom stereocenters. The van der Waals surface area contributed by atoms with E-state index in [0.29, 0.717) is 12.7 Å². The molecule has 0 N–H and O–H groups in total. The fourth-order valence-electron chi connectivity index (χ4n) is 4.46. The van der Waals surface area contributed by atoms with Gasteiger partial charge in [0, 0.05) is 37.1 Å². The van der Waals surface area contributed by atoms with Crippen molar-refractivity contribution in [3.63, 3.8) is 0 Å². The lowest BCUT2D eigenvalue weighted by Crippen LogP contribution is -2.66. The van der Waals surface area contributed by atoms with Crippen LogP contribution in [0.3, 0.4) is 0 Å². The lowest BCUT2D eigenvalue weighted by atomic mass is 9.56. The van der Waals surface area contributed by atoms with Crippen LogP contribution in [0.4, 0.5) is 20.2 Å². The highest BCUT2D eigenvalue weighted by atomic mass is 32.2. The molecule has 1 heterocycles. The number of fused-ring (bicyclic) bond motifs is 1. The number of halogens is 2. The molecule has 1 saturated carbocycles. The highest BCUT2D eigenvalue weighted by Crippen LogP contribution is 2.55. The third-order valence-electron chi connectivity index (χ3n) is 5.54. The number of hydrogen-bond acceptors (Lipinski definition) is 6. The second kappa shape index (κ2) is 6.12. The SMILES string of the molecule is CN(c1ccc(S(=O)(=O)C(F)F)cc1[N+](=O)[O-])[C@@H]1[C@H]2CCO[C@H]2C1(C)C. The van der Waals surface area contributed by atoms with Gasteiger partial charge in [-0.2, -0.15) is 8.78 Å². The first-order valence-corrected chi connectivity index (χ1v) is 9.69. The number of ether oxygens (including phenoxy) is 1. The molecule has 0 aromatic heterocycles. The molecule has 0 amide bonds. The predicted octanol–water partition coefficient (Wildman–Crippen LogP) is 2.84. The Morgan fingerprint density at radius 1 is 1.38 bits per heavy atom. The molecular weight excluding hydrogens is 370 g/mol. The maximum absolute atomic E-state index is 12.7. The van der Waals surface area contributed by atoms with Gasteiger partial charge >= 0.3 is 5.76 Å². The van der Waals surface area contributed by atoms with Crippen LogP contribution in [0.5, 0.6) is 0 Å². The van der Waals surface area contributed by atoms with Crippen LogP contribution < -0.4 is 4.90 Å². The molecular formula is C16H20F2N2O5S. The van der Waals surface area contributed by atoms with E-state index in [0.717, 1.165) is 12.5 Å². The van der Waals surface area contributed by atoms with E-state index in [-0.39, 0.29) is 29.2 Å². The molecule has 0 unspecified atom stereocenters. The zero-order valence-electron chi connectivity index (χ0n) is 14.6. The molecule has 0 radical (unpaired) electrons. The zero-order chi connectivity index (χ0) is 19.4. The standard InChI is InChI=1S/C16H20F2N2O5S/c1-16(2)13(10-6-7-25-14(10)16)19(3)11-5-4-9(8-12(11)20(21)22)26(23,24)15(17)18/h4-5,8,10,13-15H,6-7H2,1-3H3/t10-,13-,14-/m1/s1. The monoisotopic (exact) mass is 390 g/mol. The second-order valence-corrected chi connectivity index (χ2v) is 9.25. The summed E-state index contributed by atoms with van der Waals surface area (Å²) in [6.07, 6.45) is 0.918. The number of hydrogen-bond donors (Lipinski definition) is 0. The normalized spacial score (nSPS) is 27.1. The average Bonchev–Trinajstić information content (AvgIpc) is 3.00. The van der Waals surface area contributed by atoms with Gasteiger partial charge in [0.05, 0.1) is 15.9 Å². The number of benzene rings is 1. The molecule has 7 nitrogen and oxygen atoms in total. The van der Waals surface area contributed by atoms with E-state index in [2.05, 4.69) is 0 Å². The van der Waals surface area contributed by atoms with E-state index in [1.165, 1.54) is 6.07 Å². The largest absolute Gasteiger partial charge is 0.377 e. The van der Waals surface area contributed by atoms with Crippen molar-refractivity contribution in [3.05, 3.63) is 28.3 Å². The smallest absolute Gasteiger partial charge is 0.341 e. The Hall–Kier alpha value is -1.81. The van der Waals surface area contributed by atoms with Crippen molar-refractivity contribution in [1.29, 1.82) is 0 Å². The summed E-state index contributed by atoms with van der Waals surface area (Å²) >= 11 is 0. The van der Waals surface area contributed by atoms with E-state index in [4.69, 9.17) is 4.74 Å². The van der Waals surface area contributed by atoms with Gasteiger partial charge in [0.15, 0.2) is 0 Å². The van der Waals surface area contributed by atoms with Gasteiger partial charge in [-0.3, -0.25) is 10.1 Å². The molecule has 1 aliphatic heterocycles. The third-order valence-corrected chi connectivity index (χ3v) is 6.92. The Balaban J connectivity index is 2.01. The zero-order valence-corrected chi connectivity index (χ0v) is 15.4. The van der Waals surface area contributed by atoms with Gasteiger partial charge < -0.3 is 9.64 Å². The minimum absolute atomic E-state index is 0.0359. The molecule has 0 bridgehead atoms. The summed E-state index contributed by atoms with van der Waals surface area (Å²) in [5, 5.41) is 11.5. The van der Waals surface area contributed by atoms with E-state index in [1.54, 1.807) is 11.9 Å². The summed E-state index contributed by atoms with van der Waals surface area (Å²) in [5.41, 5.74) is -0.545. The summed E-state index contributed by atoms with van der Waals surface area (Å²) in [5.74, 6) is -3.41. The van der Waals surface area contributed by atoms with Gasteiger partial charge in [0.1, 0.15) is 5.69 Å². The summed E-state index contributed by atoms with van der Waals surface area (Å²) < 4.78 is 54.5. The van der Waals surface area contributed by atoms with E-state index in [1.807, 2.05) is 13.8 Å². The molecule has 1 aromatic rings. The summed E-state index contributed by atoms with van der Waals surface area (Å²) in [7, 11) is -3.20. The fourth-order valence-corrected chi connectivity index (χ4v) is 5.20. The number of alkyl halides is 2. The molecule has 26 heavy (non-hydrogen) atoms. The van der Waals surface area contributed by atoms with Gasteiger partial charge in [0.25, 0.3) is 5.69 Å². The first kappa shape index (κ1) is 19.0. The Labute approximate surface area is 150 Å². The lowest BCUT2D eigenvalue weighted by Gasteiger charge is -2.58. The van der Waals surface area contributed by atoms with E-state index in [9.17, 15) is 27.3 Å². The average molecular weight is 390 g/mol. The maximum atomic E-state index is 12.7. The summed E-state index contributed by atoms with van der Waals surface area (Å²) in [6, 6.07) is 2.90. The number of nitro benzene ring substituents is 1. The number of nitro groups is 1. The number of nitrogens with zero attached hydrogens (tertiary/aromatic N) is 2. The molecule has 1 aromatic carbocycles. The topological polar surface area (TPSA) is 89.8 Å². The Bertz CT molecular complexity index is 843. The van der Waals surface area contributed by atoms with E-state index >= 15 is 0 Å². The maximum Gasteiger partial charge on any atom is 0.341 e. The number of anilines is 1. The van der Waals surface area contributed by atoms with E-state index < -0.39 is 31.1 Å². The van der Waals surface area contributed by atoms with Crippen molar-refractivity contribution in [1.82, 2.24) is 0 Å². The molecule has 3 rings (SSSR count). The van der Waals surface area contributed by atoms with Gasteiger partial charge in [-0.1, -0.05) is 13.8 Å². The number of sulfone groups is 1. The first-order chi connectivity index (χ1) is 12.0. The van der Waals surface area contributed by atoms with Crippen molar-refractivity contribution in [2.75, 3.05) is 18.6 Å². The molecule has 144 valence electrons. The van der Waals surface area contributed by atoms with Crippen molar-refractivity contribution < 1.29 is 26.9 Å². The third kappa shape index (κ3) is 2.66. The predicted molar refractivity (Wildman–Crippen MR) is 90.1 cm³/mol.